The minimum absolute atomic E-state index is 0.321. The fourth-order valence-corrected chi connectivity index (χ4v) is 1.90. The first-order valence-corrected chi connectivity index (χ1v) is 6.19. The molecule has 0 fully saturated rings. The molecule has 0 aliphatic heterocycles. The Morgan fingerprint density at radius 2 is 2.16 bits per heavy atom. The lowest BCUT2D eigenvalue weighted by Crippen LogP contribution is -2.13. The van der Waals surface area contributed by atoms with Crippen molar-refractivity contribution < 1.29 is 4.74 Å². The number of ether oxygens (including phenoxy) is 1. The molecule has 5 heteroatoms. The van der Waals surface area contributed by atoms with Crippen LogP contribution < -0.4 is 15.8 Å². The lowest BCUT2D eigenvalue weighted by atomic mass is 10.1. The van der Waals surface area contributed by atoms with E-state index in [1.807, 2.05) is 31.2 Å². The molecule has 2 aromatic rings. The van der Waals surface area contributed by atoms with E-state index in [4.69, 9.17) is 22.7 Å². The average Bonchev–Trinajstić information content (AvgIpc) is 2.41. The zero-order chi connectivity index (χ0) is 13.8. The Kier molecular flexibility index (Phi) is 3.97. The normalized spacial score (nSPS) is 10.0. The van der Waals surface area contributed by atoms with Crippen LogP contribution in [0, 0.1) is 6.92 Å². The van der Waals surface area contributed by atoms with Crippen LogP contribution in [0.4, 0.5) is 11.5 Å². The summed E-state index contributed by atoms with van der Waals surface area (Å²) in [4.78, 5) is 4.59. The highest BCUT2D eigenvalue weighted by Gasteiger charge is 2.07. The van der Waals surface area contributed by atoms with Gasteiger partial charge in [-0.05, 0) is 42.8 Å². The maximum Gasteiger partial charge on any atom is 0.140 e. The molecule has 1 heterocycles. The third kappa shape index (κ3) is 3.00. The lowest BCUT2D eigenvalue weighted by molar-refractivity contribution is 0.414. The summed E-state index contributed by atoms with van der Waals surface area (Å²) >= 11 is 5.02. The first-order chi connectivity index (χ1) is 9.11. The molecule has 0 aliphatic carbocycles. The van der Waals surface area contributed by atoms with E-state index in [9.17, 15) is 0 Å². The quantitative estimate of drug-likeness (QED) is 0.839. The molecule has 3 N–H and O–H groups in total. The van der Waals surface area contributed by atoms with Crippen LogP contribution >= 0.6 is 12.2 Å². The lowest BCUT2D eigenvalue weighted by Gasteiger charge is -2.12. The second-order valence-electron chi connectivity index (χ2n) is 4.07. The molecule has 0 saturated heterocycles. The molecule has 2 rings (SSSR count). The van der Waals surface area contributed by atoms with Crippen LogP contribution in [-0.4, -0.2) is 17.1 Å². The summed E-state index contributed by atoms with van der Waals surface area (Å²) in [6.45, 7) is 1.99. The highest BCUT2D eigenvalue weighted by Crippen LogP contribution is 2.25. The number of anilines is 2. The molecule has 98 valence electrons. The van der Waals surface area contributed by atoms with E-state index in [0.717, 1.165) is 22.6 Å². The second-order valence-corrected chi connectivity index (χ2v) is 4.51. The van der Waals surface area contributed by atoms with Crippen molar-refractivity contribution in [3.05, 3.63) is 47.7 Å². The number of aromatic nitrogens is 1. The highest BCUT2D eigenvalue weighted by molar-refractivity contribution is 7.80. The zero-order valence-electron chi connectivity index (χ0n) is 10.8. The van der Waals surface area contributed by atoms with Gasteiger partial charge in [0.15, 0.2) is 0 Å². The van der Waals surface area contributed by atoms with E-state index in [-0.39, 0.29) is 0 Å². The molecule has 1 aromatic heterocycles. The molecule has 0 unspecified atom stereocenters. The number of rotatable bonds is 4. The predicted octanol–water partition coefficient (Wildman–Crippen LogP) is 2.78. The molecule has 1 aromatic carbocycles. The zero-order valence-corrected chi connectivity index (χ0v) is 11.6. The Balaban J connectivity index is 2.34. The molecule has 0 atom stereocenters. The van der Waals surface area contributed by atoms with Crippen molar-refractivity contribution in [2.45, 2.75) is 6.92 Å². The molecule has 0 bridgehead atoms. The van der Waals surface area contributed by atoms with Gasteiger partial charge in [0.2, 0.25) is 0 Å². The Bertz CT molecular complexity index is 613. The van der Waals surface area contributed by atoms with Crippen molar-refractivity contribution in [3.63, 3.8) is 0 Å². The van der Waals surface area contributed by atoms with E-state index in [0.29, 0.717) is 10.8 Å². The van der Waals surface area contributed by atoms with Gasteiger partial charge in [0, 0.05) is 11.9 Å². The van der Waals surface area contributed by atoms with E-state index in [2.05, 4.69) is 10.3 Å². The van der Waals surface area contributed by atoms with Gasteiger partial charge >= 0.3 is 0 Å². The third-order valence-corrected chi connectivity index (χ3v) is 2.98. The number of pyridine rings is 1. The maximum absolute atomic E-state index is 5.68. The monoisotopic (exact) mass is 273 g/mol. The minimum Gasteiger partial charge on any atom is -0.497 e. The van der Waals surface area contributed by atoms with Crippen LogP contribution in [0.15, 0.2) is 36.5 Å². The van der Waals surface area contributed by atoms with Crippen molar-refractivity contribution in [1.29, 1.82) is 0 Å². The summed E-state index contributed by atoms with van der Waals surface area (Å²) in [6, 6.07) is 9.42. The van der Waals surface area contributed by atoms with Crippen LogP contribution in [0.2, 0.25) is 0 Å². The number of nitrogens with two attached hydrogens (primary N) is 1. The van der Waals surface area contributed by atoms with Crippen LogP contribution in [0.5, 0.6) is 5.75 Å². The van der Waals surface area contributed by atoms with Crippen molar-refractivity contribution >= 4 is 28.7 Å². The first kappa shape index (κ1) is 13.3. The molecule has 0 saturated carbocycles. The van der Waals surface area contributed by atoms with Crippen molar-refractivity contribution in [2.75, 3.05) is 12.4 Å². The standard InChI is InChI=1S/C14H15N3OS/c1-9-8-10(18-2)5-6-12(9)17-14-11(13(15)19)4-3-7-16-14/h3-8H,1-2H3,(H2,15,19)(H,16,17). The van der Waals surface area contributed by atoms with Gasteiger partial charge in [-0.3, -0.25) is 0 Å². The Hall–Kier alpha value is -2.14. The summed E-state index contributed by atoms with van der Waals surface area (Å²) < 4.78 is 5.18. The summed E-state index contributed by atoms with van der Waals surface area (Å²) in [5.41, 5.74) is 8.41. The van der Waals surface area contributed by atoms with Gasteiger partial charge in [-0.25, -0.2) is 4.98 Å². The van der Waals surface area contributed by atoms with Crippen LogP contribution in [0.3, 0.4) is 0 Å². The summed E-state index contributed by atoms with van der Waals surface area (Å²) in [5, 5.41) is 3.24. The van der Waals surface area contributed by atoms with E-state index >= 15 is 0 Å². The number of nitrogens with zero attached hydrogens (tertiary/aromatic N) is 1. The number of hydrogen-bond donors (Lipinski definition) is 2. The largest absolute Gasteiger partial charge is 0.497 e. The van der Waals surface area contributed by atoms with Crippen molar-refractivity contribution in [1.82, 2.24) is 4.98 Å². The number of thiocarbonyl (C=S) groups is 1. The number of benzene rings is 1. The Morgan fingerprint density at radius 3 is 2.79 bits per heavy atom. The Morgan fingerprint density at radius 1 is 1.37 bits per heavy atom. The topological polar surface area (TPSA) is 60.2 Å². The molecule has 0 radical (unpaired) electrons. The highest BCUT2D eigenvalue weighted by atomic mass is 32.1. The van der Waals surface area contributed by atoms with Gasteiger partial charge in [-0.15, -0.1) is 0 Å². The van der Waals surface area contributed by atoms with Crippen LogP contribution in [0.25, 0.3) is 0 Å². The van der Waals surface area contributed by atoms with Gasteiger partial charge in [0.1, 0.15) is 16.6 Å². The predicted molar refractivity (Wildman–Crippen MR) is 81.1 cm³/mol. The Labute approximate surface area is 117 Å². The van der Waals surface area contributed by atoms with Crippen LogP contribution in [0.1, 0.15) is 11.1 Å². The van der Waals surface area contributed by atoms with Gasteiger partial charge in [0.05, 0.1) is 12.7 Å². The van der Waals surface area contributed by atoms with Gasteiger partial charge < -0.3 is 15.8 Å². The average molecular weight is 273 g/mol. The molecular weight excluding hydrogens is 258 g/mol. The molecule has 0 spiro atoms. The summed E-state index contributed by atoms with van der Waals surface area (Å²) in [7, 11) is 1.64. The molecule has 4 nitrogen and oxygen atoms in total. The molecular formula is C14H15N3OS. The summed E-state index contributed by atoms with van der Waals surface area (Å²) in [5.74, 6) is 1.47. The molecule has 19 heavy (non-hydrogen) atoms. The number of nitrogens with one attached hydrogen (secondary N) is 1. The number of aryl methyl sites for hydroxylation is 1. The van der Waals surface area contributed by atoms with Gasteiger partial charge in [-0.1, -0.05) is 12.2 Å². The minimum atomic E-state index is 0.321. The third-order valence-electron chi connectivity index (χ3n) is 2.76. The molecule has 0 amide bonds. The van der Waals surface area contributed by atoms with Crippen LogP contribution in [-0.2, 0) is 0 Å². The molecule has 0 aliphatic rings. The smallest absolute Gasteiger partial charge is 0.140 e. The van der Waals surface area contributed by atoms with Crippen molar-refractivity contribution in [3.8, 4) is 5.75 Å². The van der Waals surface area contributed by atoms with Gasteiger partial charge in [0.25, 0.3) is 0 Å². The second kappa shape index (κ2) is 5.67. The number of methoxy groups -OCH3 is 1. The fraction of sp³-hybridized carbons (Fsp3) is 0.143. The summed E-state index contributed by atoms with van der Waals surface area (Å²) in [6.07, 6.45) is 1.70. The van der Waals surface area contributed by atoms with E-state index in [1.54, 1.807) is 19.4 Å². The maximum atomic E-state index is 5.68. The van der Waals surface area contributed by atoms with Gasteiger partial charge in [-0.2, -0.15) is 0 Å². The number of hydrogen-bond acceptors (Lipinski definition) is 4. The first-order valence-electron chi connectivity index (χ1n) is 5.78. The SMILES string of the molecule is COc1ccc(Nc2ncccc2C(N)=S)c(C)c1. The van der Waals surface area contributed by atoms with E-state index < -0.39 is 0 Å². The fourth-order valence-electron chi connectivity index (χ4n) is 1.73. The van der Waals surface area contributed by atoms with Crippen molar-refractivity contribution in [2.24, 2.45) is 5.73 Å². The van der Waals surface area contributed by atoms with E-state index in [1.165, 1.54) is 0 Å².